The van der Waals surface area contributed by atoms with Crippen molar-refractivity contribution in [2.45, 2.75) is 39.3 Å². The molecule has 8 heteroatoms. The number of benzene rings is 2. The molecule has 0 heterocycles. The van der Waals surface area contributed by atoms with Crippen molar-refractivity contribution in [3.63, 3.8) is 0 Å². The second kappa shape index (κ2) is 10.1. The number of hydrogen-bond acceptors (Lipinski definition) is 1. The van der Waals surface area contributed by atoms with Gasteiger partial charge in [0.05, 0.1) is 12.0 Å². The molecule has 2 rings (SSSR count). The first-order chi connectivity index (χ1) is 14.9. The SMILES string of the molecule is C=C/C(CC)=C(/CC)C(=C)Nc1c(F)c(F)c(-c2cccc(CC(F)(F)F)c2)c(F)c1F. The molecule has 2 aromatic rings. The molecule has 0 aliphatic rings. The van der Waals surface area contributed by atoms with Crippen LogP contribution < -0.4 is 5.32 Å². The molecule has 0 aromatic heterocycles. The van der Waals surface area contributed by atoms with Gasteiger partial charge >= 0.3 is 6.18 Å². The van der Waals surface area contributed by atoms with Crippen LogP contribution in [-0.2, 0) is 6.42 Å². The second-order valence-electron chi connectivity index (χ2n) is 7.02. The Balaban J connectivity index is 2.56. The Morgan fingerprint density at radius 3 is 2.03 bits per heavy atom. The first kappa shape index (κ1) is 25.2. The van der Waals surface area contributed by atoms with Crippen molar-refractivity contribution in [2.24, 2.45) is 0 Å². The van der Waals surface area contributed by atoms with Crippen molar-refractivity contribution in [1.82, 2.24) is 0 Å². The predicted octanol–water partition coefficient (Wildman–Crippen LogP) is 8.24. The van der Waals surface area contributed by atoms with Crippen LogP contribution in [0, 0.1) is 23.3 Å². The van der Waals surface area contributed by atoms with E-state index >= 15 is 0 Å². The van der Waals surface area contributed by atoms with Crippen molar-refractivity contribution >= 4 is 5.69 Å². The Morgan fingerprint density at radius 1 is 0.969 bits per heavy atom. The Kier molecular flexibility index (Phi) is 7.93. The molecule has 0 spiro atoms. The molecule has 2 aromatic carbocycles. The summed E-state index contributed by atoms with van der Waals surface area (Å²) in [5.74, 6) is -6.89. The van der Waals surface area contributed by atoms with Crippen molar-refractivity contribution in [3.05, 3.63) is 89.2 Å². The van der Waals surface area contributed by atoms with E-state index in [0.717, 1.165) is 29.8 Å². The lowest BCUT2D eigenvalue weighted by atomic mass is 9.98. The summed E-state index contributed by atoms with van der Waals surface area (Å²) in [7, 11) is 0. The highest BCUT2D eigenvalue weighted by Crippen LogP contribution is 2.36. The van der Waals surface area contributed by atoms with Gasteiger partial charge in [-0.3, -0.25) is 0 Å². The number of nitrogens with one attached hydrogen (secondary N) is 1. The fourth-order valence-corrected chi connectivity index (χ4v) is 3.40. The van der Waals surface area contributed by atoms with Gasteiger partial charge in [-0.1, -0.05) is 57.3 Å². The van der Waals surface area contributed by atoms with Crippen LogP contribution in [0.5, 0.6) is 0 Å². The largest absolute Gasteiger partial charge is 0.393 e. The second-order valence-corrected chi connectivity index (χ2v) is 7.02. The maximum atomic E-state index is 14.8. The lowest BCUT2D eigenvalue weighted by Gasteiger charge is -2.18. The van der Waals surface area contributed by atoms with Crippen LogP contribution in [0.25, 0.3) is 11.1 Å². The van der Waals surface area contributed by atoms with Crippen molar-refractivity contribution in [2.75, 3.05) is 5.32 Å². The van der Waals surface area contributed by atoms with Gasteiger partial charge in [0.1, 0.15) is 5.69 Å². The van der Waals surface area contributed by atoms with Gasteiger partial charge in [0, 0.05) is 5.70 Å². The van der Waals surface area contributed by atoms with Crippen molar-refractivity contribution in [1.29, 1.82) is 0 Å². The van der Waals surface area contributed by atoms with E-state index in [1.165, 1.54) is 0 Å². The number of hydrogen-bond donors (Lipinski definition) is 1. The Bertz CT molecular complexity index is 1040. The molecular weight excluding hydrogens is 435 g/mol. The molecule has 0 unspecified atom stereocenters. The van der Waals surface area contributed by atoms with E-state index in [1.54, 1.807) is 13.0 Å². The normalized spacial score (nSPS) is 12.4. The summed E-state index contributed by atoms with van der Waals surface area (Å²) in [4.78, 5) is 0. The molecule has 0 radical (unpaired) electrons. The van der Waals surface area contributed by atoms with Gasteiger partial charge in [-0.2, -0.15) is 13.2 Å². The average Bonchev–Trinajstić information content (AvgIpc) is 2.72. The minimum Gasteiger partial charge on any atom is -0.351 e. The number of halogens is 7. The molecule has 0 aliphatic heterocycles. The van der Waals surface area contributed by atoms with E-state index in [9.17, 15) is 30.7 Å². The van der Waals surface area contributed by atoms with E-state index in [0.29, 0.717) is 18.4 Å². The summed E-state index contributed by atoms with van der Waals surface area (Å²) >= 11 is 0. The highest BCUT2D eigenvalue weighted by molar-refractivity contribution is 5.70. The molecule has 0 saturated carbocycles. The molecule has 0 aliphatic carbocycles. The third-order valence-electron chi connectivity index (χ3n) is 4.89. The average molecular weight is 457 g/mol. The number of anilines is 1. The first-order valence-electron chi connectivity index (χ1n) is 9.77. The van der Waals surface area contributed by atoms with Crippen LogP contribution in [0.4, 0.5) is 36.4 Å². The molecular formula is C24H22F7N. The maximum absolute atomic E-state index is 14.8. The fourth-order valence-electron chi connectivity index (χ4n) is 3.40. The summed E-state index contributed by atoms with van der Waals surface area (Å²) in [6.07, 6.45) is -3.40. The Morgan fingerprint density at radius 2 is 1.56 bits per heavy atom. The van der Waals surface area contributed by atoms with Gasteiger partial charge in [0.15, 0.2) is 23.3 Å². The minimum atomic E-state index is -4.56. The van der Waals surface area contributed by atoms with E-state index < -0.39 is 52.7 Å². The number of rotatable bonds is 8. The lowest BCUT2D eigenvalue weighted by molar-refractivity contribution is -0.127. The van der Waals surface area contributed by atoms with Gasteiger partial charge < -0.3 is 5.32 Å². The first-order valence-corrected chi connectivity index (χ1v) is 9.77. The Hall–Kier alpha value is -3.03. The van der Waals surface area contributed by atoms with Crippen LogP contribution in [-0.4, -0.2) is 6.18 Å². The minimum absolute atomic E-state index is 0.0424. The monoisotopic (exact) mass is 457 g/mol. The van der Waals surface area contributed by atoms with Gasteiger partial charge in [0.25, 0.3) is 0 Å². The van der Waals surface area contributed by atoms with Crippen LogP contribution in [0.1, 0.15) is 32.3 Å². The lowest BCUT2D eigenvalue weighted by Crippen LogP contribution is -2.12. The smallest absolute Gasteiger partial charge is 0.351 e. The standard InChI is InChI=1S/C24H22F7N/c1-5-15(6-2)17(7-3)13(4)32-23-21(27)19(25)18(20(26)22(23)28)16-10-8-9-14(11-16)12-24(29,30)31/h5,8-11,32H,1,4,6-7,12H2,2-3H3/b17-15+. The van der Waals surface area contributed by atoms with E-state index in [2.05, 4.69) is 18.5 Å². The molecule has 1 nitrogen and oxygen atoms in total. The highest BCUT2D eigenvalue weighted by atomic mass is 19.4. The van der Waals surface area contributed by atoms with Crippen LogP contribution in [0.15, 0.2) is 60.3 Å². The van der Waals surface area contributed by atoms with Gasteiger partial charge in [-0.05, 0) is 35.1 Å². The van der Waals surface area contributed by atoms with Gasteiger partial charge in [0.2, 0.25) is 0 Å². The molecule has 0 fully saturated rings. The molecule has 0 atom stereocenters. The molecule has 0 amide bonds. The third kappa shape index (κ3) is 5.41. The highest BCUT2D eigenvalue weighted by Gasteiger charge is 2.30. The summed E-state index contributed by atoms with van der Waals surface area (Å²) in [6, 6.07) is 4.14. The van der Waals surface area contributed by atoms with Crippen LogP contribution in [0.2, 0.25) is 0 Å². The molecule has 32 heavy (non-hydrogen) atoms. The molecule has 1 N–H and O–H groups in total. The quantitative estimate of drug-likeness (QED) is 0.239. The number of allylic oxidation sites excluding steroid dienone is 3. The predicted molar refractivity (Wildman–Crippen MR) is 112 cm³/mol. The van der Waals surface area contributed by atoms with E-state index in [4.69, 9.17) is 0 Å². The zero-order valence-electron chi connectivity index (χ0n) is 17.6. The zero-order valence-corrected chi connectivity index (χ0v) is 17.6. The third-order valence-corrected chi connectivity index (χ3v) is 4.89. The van der Waals surface area contributed by atoms with E-state index in [1.807, 2.05) is 6.92 Å². The topological polar surface area (TPSA) is 12.0 Å². The zero-order chi connectivity index (χ0) is 24.2. The van der Waals surface area contributed by atoms with Crippen molar-refractivity contribution in [3.8, 4) is 11.1 Å². The molecule has 0 bridgehead atoms. The van der Waals surface area contributed by atoms with Crippen LogP contribution >= 0.6 is 0 Å². The van der Waals surface area contributed by atoms with Crippen molar-refractivity contribution < 1.29 is 30.7 Å². The van der Waals surface area contributed by atoms with Gasteiger partial charge in [-0.15, -0.1) is 0 Å². The summed E-state index contributed by atoms with van der Waals surface area (Å²) in [6.45, 7) is 11.0. The molecule has 0 saturated heterocycles. The summed E-state index contributed by atoms with van der Waals surface area (Å²) < 4.78 is 97.0. The van der Waals surface area contributed by atoms with Gasteiger partial charge in [-0.25, -0.2) is 17.6 Å². The summed E-state index contributed by atoms with van der Waals surface area (Å²) in [5, 5.41) is 2.30. The Labute approximate surface area is 182 Å². The van der Waals surface area contributed by atoms with E-state index in [-0.39, 0.29) is 11.3 Å². The molecule has 172 valence electrons. The summed E-state index contributed by atoms with van der Waals surface area (Å²) in [5.41, 5.74) is -1.53. The maximum Gasteiger partial charge on any atom is 0.393 e. The van der Waals surface area contributed by atoms with Crippen LogP contribution in [0.3, 0.4) is 0 Å². The number of alkyl halides is 3. The fraction of sp³-hybridized carbons (Fsp3) is 0.250.